The molecule has 0 radical (unpaired) electrons. The third-order valence-corrected chi connectivity index (χ3v) is 4.00. The van der Waals surface area contributed by atoms with Crippen LogP contribution in [0.1, 0.15) is 52.9 Å². The summed E-state index contributed by atoms with van der Waals surface area (Å²) in [6, 6.07) is 0. The van der Waals surface area contributed by atoms with Gasteiger partial charge in [-0.1, -0.05) is 27.2 Å². The topological polar surface area (TPSA) is 24.5 Å². The van der Waals surface area contributed by atoms with Crippen LogP contribution in [0.2, 0.25) is 0 Å². The Morgan fingerprint density at radius 1 is 1.11 bits per heavy atom. The van der Waals surface area contributed by atoms with Crippen molar-refractivity contribution in [2.24, 2.45) is 5.41 Å². The summed E-state index contributed by atoms with van der Waals surface area (Å²) in [6.07, 6.45) is 6.75. The van der Waals surface area contributed by atoms with Gasteiger partial charge in [0, 0.05) is 33.3 Å². The van der Waals surface area contributed by atoms with E-state index >= 15 is 0 Å². The molecule has 1 heterocycles. The number of methoxy groups -OCH3 is 1. The van der Waals surface area contributed by atoms with E-state index in [0.29, 0.717) is 11.5 Å². The van der Waals surface area contributed by atoms with Gasteiger partial charge in [-0.05, 0) is 37.6 Å². The molecule has 0 spiro atoms. The number of rotatable bonds is 8. The Kier molecular flexibility index (Phi) is 7.96. The molecule has 1 N–H and O–H groups in total. The fraction of sp³-hybridized carbons (Fsp3) is 1.00. The van der Waals surface area contributed by atoms with E-state index in [2.05, 4.69) is 31.0 Å². The monoisotopic (exact) mass is 270 g/mol. The van der Waals surface area contributed by atoms with Gasteiger partial charge in [0.05, 0.1) is 6.10 Å². The van der Waals surface area contributed by atoms with Gasteiger partial charge in [0.25, 0.3) is 0 Å². The average molecular weight is 270 g/mol. The molecule has 114 valence electrons. The van der Waals surface area contributed by atoms with Gasteiger partial charge in [-0.2, -0.15) is 0 Å². The van der Waals surface area contributed by atoms with Crippen LogP contribution in [0, 0.1) is 5.41 Å². The SMILES string of the molecule is CO[C@@H](CCCN1CCNCC1)CCCC(C)(C)C. The lowest BCUT2D eigenvalue weighted by Crippen LogP contribution is -2.43. The van der Waals surface area contributed by atoms with E-state index in [1.807, 2.05) is 7.11 Å². The van der Waals surface area contributed by atoms with Gasteiger partial charge in [0.1, 0.15) is 0 Å². The predicted molar refractivity (Wildman–Crippen MR) is 82.6 cm³/mol. The average Bonchev–Trinajstić information content (AvgIpc) is 2.37. The van der Waals surface area contributed by atoms with Crippen molar-refractivity contribution >= 4 is 0 Å². The Morgan fingerprint density at radius 3 is 2.32 bits per heavy atom. The van der Waals surface area contributed by atoms with Gasteiger partial charge < -0.3 is 15.0 Å². The molecular formula is C16H34N2O. The Morgan fingerprint density at radius 2 is 1.74 bits per heavy atom. The first kappa shape index (κ1) is 16.9. The summed E-state index contributed by atoms with van der Waals surface area (Å²) in [5, 5.41) is 3.40. The van der Waals surface area contributed by atoms with Crippen LogP contribution >= 0.6 is 0 Å². The molecule has 0 aromatic heterocycles. The minimum atomic E-state index is 0.457. The Labute approximate surface area is 120 Å². The zero-order valence-corrected chi connectivity index (χ0v) is 13.5. The van der Waals surface area contributed by atoms with E-state index < -0.39 is 0 Å². The largest absolute Gasteiger partial charge is 0.381 e. The van der Waals surface area contributed by atoms with Crippen LogP contribution in [-0.2, 0) is 4.74 Å². The molecule has 3 nitrogen and oxygen atoms in total. The summed E-state index contributed by atoms with van der Waals surface area (Å²) in [4.78, 5) is 2.57. The van der Waals surface area contributed by atoms with Crippen molar-refractivity contribution in [3.05, 3.63) is 0 Å². The quantitative estimate of drug-likeness (QED) is 0.734. The van der Waals surface area contributed by atoms with Crippen molar-refractivity contribution in [3.63, 3.8) is 0 Å². The highest BCUT2D eigenvalue weighted by atomic mass is 16.5. The first-order valence-corrected chi connectivity index (χ1v) is 7.97. The van der Waals surface area contributed by atoms with Crippen LogP contribution in [0.15, 0.2) is 0 Å². The summed E-state index contributed by atoms with van der Waals surface area (Å²) in [5.74, 6) is 0. The van der Waals surface area contributed by atoms with E-state index in [9.17, 15) is 0 Å². The molecular weight excluding hydrogens is 236 g/mol. The van der Waals surface area contributed by atoms with Crippen molar-refractivity contribution in [1.82, 2.24) is 10.2 Å². The minimum Gasteiger partial charge on any atom is -0.381 e. The normalized spacial score (nSPS) is 19.6. The molecule has 19 heavy (non-hydrogen) atoms. The molecule has 1 rings (SSSR count). The van der Waals surface area contributed by atoms with Crippen molar-refractivity contribution in [1.29, 1.82) is 0 Å². The van der Waals surface area contributed by atoms with Gasteiger partial charge in [0.2, 0.25) is 0 Å². The molecule has 3 heteroatoms. The molecule has 1 atom stereocenters. The third-order valence-electron chi connectivity index (χ3n) is 4.00. The number of ether oxygens (including phenoxy) is 1. The van der Waals surface area contributed by atoms with Crippen LogP contribution in [0.3, 0.4) is 0 Å². The lowest BCUT2D eigenvalue weighted by Gasteiger charge is -2.27. The van der Waals surface area contributed by atoms with Gasteiger partial charge in [-0.3, -0.25) is 0 Å². The lowest BCUT2D eigenvalue weighted by atomic mass is 9.89. The standard InChI is InChI=1S/C16H34N2O/c1-16(2,3)9-5-7-15(19-4)8-6-12-18-13-10-17-11-14-18/h15,17H,5-14H2,1-4H3/t15-/m1/s1. The third kappa shape index (κ3) is 8.61. The highest BCUT2D eigenvalue weighted by Crippen LogP contribution is 2.23. The van der Waals surface area contributed by atoms with E-state index in [1.165, 1.54) is 51.7 Å². The zero-order chi connectivity index (χ0) is 14.1. The molecule has 0 aromatic carbocycles. The number of nitrogens with zero attached hydrogens (tertiary/aromatic N) is 1. The molecule has 0 unspecified atom stereocenters. The summed E-state index contributed by atoms with van der Waals surface area (Å²) in [6.45, 7) is 12.9. The minimum absolute atomic E-state index is 0.457. The molecule has 1 fully saturated rings. The first-order valence-electron chi connectivity index (χ1n) is 7.97. The highest BCUT2D eigenvalue weighted by Gasteiger charge is 2.14. The summed E-state index contributed by atoms with van der Waals surface area (Å²) >= 11 is 0. The predicted octanol–water partition coefficient (Wildman–Crippen LogP) is 2.90. The number of nitrogens with one attached hydrogen (secondary N) is 1. The van der Waals surface area contributed by atoms with Gasteiger partial charge in [0.15, 0.2) is 0 Å². The highest BCUT2D eigenvalue weighted by molar-refractivity contribution is 4.69. The van der Waals surface area contributed by atoms with E-state index in [1.54, 1.807) is 0 Å². The second kappa shape index (κ2) is 8.93. The van der Waals surface area contributed by atoms with Crippen LogP contribution in [-0.4, -0.2) is 50.8 Å². The van der Waals surface area contributed by atoms with Crippen LogP contribution in [0.4, 0.5) is 0 Å². The molecule has 0 aromatic rings. The van der Waals surface area contributed by atoms with Gasteiger partial charge >= 0.3 is 0 Å². The molecule has 0 aliphatic carbocycles. The van der Waals surface area contributed by atoms with Crippen LogP contribution < -0.4 is 5.32 Å². The Hall–Kier alpha value is -0.120. The molecule has 0 amide bonds. The molecule has 1 aliphatic heterocycles. The summed E-state index contributed by atoms with van der Waals surface area (Å²) in [5.41, 5.74) is 0.457. The first-order chi connectivity index (χ1) is 9.01. The molecule has 1 aliphatic rings. The summed E-state index contributed by atoms with van der Waals surface area (Å²) < 4.78 is 5.62. The fourth-order valence-electron chi connectivity index (χ4n) is 2.72. The van der Waals surface area contributed by atoms with Crippen molar-refractivity contribution in [3.8, 4) is 0 Å². The Balaban J connectivity index is 2.07. The molecule has 0 saturated carbocycles. The zero-order valence-electron chi connectivity index (χ0n) is 13.5. The Bertz CT molecular complexity index is 219. The maximum absolute atomic E-state index is 5.62. The maximum Gasteiger partial charge on any atom is 0.0571 e. The second-order valence-corrected chi connectivity index (χ2v) is 7.04. The molecule has 0 bridgehead atoms. The van der Waals surface area contributed by atoms with Gasteiger partial charge in [-0.15, -0.1) is 0 Å². The number of piperazine rings is 1. The van der Waals surface area contributed by atoms with Crippen molar-refractivity contribution < 1.29 is 4.74 Å². The smallest absolute Gasteiger partial charge is 0.0571 e. The van der Waals surface area contributed by atoms with Crippen molar-refractivity contribution in [2.75, 3.05) is 39.8 Å². The fourth-order valence-corrected chi connectivity index (χ4v) is 2.72. The van der Waals surface area contributed by atoms with Crippen LogP contribution in [0.25, 0.3) is 0 Å². The van der Waals surface area contributed by atoms with Crippen molar-refractivity contribution in [2.45, 2.75) is 59.0 Å². The second-order valence-electron chi connectivity index (χ2n) is 7.04. The maximum atomic E-state index is 5.62. The number of hydrogen-bond donors (Lipinski definition) is 1. The summed E-state index contributed by atoms with van der Waals surface area (Å²) in [7, 11) is 1.87. The lowest BCUT2D eigenvalue weighted by molar-refractivity contribution is 0.0778. The van der Waals surface area contributed by atoms with E-state index in [0.717, 1.165) is 13.1 Å². The molecule has 1 saturated heterocycles. The number of hydrogen-bond acceptors (Lipinski definition) is 3. The van der Waals surface area contributed by atoms with E-state index in [4.69, 9.17) is 4.74 Å². The van der Waals surface area contributed by atoms with Crippen LogP contribution in [0.5, 0.6) is 0 Å². The van der Waals surface area contributed by atoms with E-state index in [-0.39, 0.29) is 0 Å². The van der Waals surface area contributed by atoms with Gasteiger partial charge in [-0.25, -0.2) is 0 Å².